The molecule has 1 heterocycles. The van der Waals surface area contributed by atoms with Crippen molar-refractivity contribution in [2.75, 3.05) is 13.2 Å². The number of nitrogens with zero attached hydrogens (tertiary/aromatic N) is 2. The summed E-state index contributed by atoms with van der Waals surface area (Å²) in [4.78, 5) is 10.4. The molecule has 0 spiro atoms. The summed E-state index contributed by atoms with van der Waals surface area (Å²) in [5.41, 5.74) is 0.694. The molecule has 5 nitrogen and oxygen atoms in total. The van der Waals surface area contributed by atoms with Crippen LogP contribution in [0.2, 0.25) is 0 Å². The highest BCUT2D eigenvalue weighted by molar-refractivity contribution is 5.89. The number of aryl methyl sites for hydroxylation is 1. The van der Waals surface area contributed by atoms with Gasteiger partial charge in [-0.2, -0.15) is 13.2 Å². The van der Waals surface area contributed by atoms with Gasteiger partial charge in [-0.05, 0) is 18.6 Å². The average Bonchev–Trinajstić information content (AvgIpc) is 2.80. The third-order valence-corrected chi connectivity index (χ3v) is 2.94. The van der Waals surface area contributed by atoms with Gasteiger partial charge in [0.25, 0.3) is 5.69 Å². The molecule has 0 aliphatic heterocycles. The summed E-state index contributed by atoms with van der Waals surface area (Å²) in [5.74, 6) is 0. The van der Waals surface area contributed by atoms with Crippen LogP contribution in [0.3, 0.4) is 0 Å². The fourth-order valence-electron chi connectivity index (χ4n) is 2.09. The topological polar surface area (TPSA) is 57.3 Å². The van der Waals surface area contributed by atoms with E-state index in [1.807, 2.05) is 0 Å². The molecule has 1 aromatic carbocycles. The molecular formula is C13H13F3N2O3. The molecule has 0 aliphatic rings. The number of ether oxygens (including phenoxy) is 1. The van der Waals surface area contributed by atoms with Crippen LogP contribution in [0.1, 0.15) is 6.42 Å². The summed E-state index contributed by atoms with van der Waals surface area (Å²) in [6, 6.07) is 6.36. The lowest BCUT2D eigenvalue weighted by molar-refractivity contribution is -0.383. The van der Waals surface area contributed by atoms with Crippen LogP contribution >= 0.6 is 0 Å². The lowest BCUT2D eigenvalue weighted by Crippen LogP contribution is -2.17. The molecule has 0 radical (unpaired) electrons. The minimum atomic E-state index is -4.32. The molecular weight excluding hydrogens is 289 g/mol. The highest BCUT2D eigenvalue weighted by atomic mass is 19.4. The molecule has 0 saturated heterocycles. The predicted molar refractivity (Wildman–Crippen MR) is 70.1 cm³/mol. The molecule has 0 atom stereocenters. The van der Waals surface area contributed by atoms with Crippen molar-refractivity contribution >= 4 is 16.6 Å². The molecule has 0 aliphatic carbocycles. The van der Waals surface area contributed by atoms with Gasteiger partial charge in [-0.25, -0.2) is 0 Å². The number of rotatable bonds is 6. The zero-order valence-electron chi connectivity index (χ0n) is 11.0. The third-order valence-electron chi connectivity index (χ3n) is 2.94. The molecule has 0 N–H and O–H groups in total. The quantitative estimate of drug-likeness (QED) is 0.466. The van der Waals surface area contributed by atoms with Crippen LogP contribution in [-0.4, -0.2) is 28.9 Å². The van der Waals surface area contributed by atoms with E-state index in [0.29, 0.717) is 23.9 Å². The van der Waals surface area contributed by atoms with Crippen LogP contribution in [0.5, 0.6) is 0 Å². The van der Waals surface area contributed by atoms with Crippen molar-refractivity contribution in [1.29, 1.82) is 0 Å². The number of alkyl halides is 3. The Morgan fingerprint density at radius 2 is 2.05 bits per heavy atom. The molecule has 0 amide bonds. The largest absolute Gasteiger partial charge is 0.411 e. The van der Waals surface area contributed by atoms with E-state index >= 15 is 0 Å². The van der Waals surface area contributed by atoms with Gasteiger partial charge in [0, 0.05) is 25.4 Å². The molecule has 8 heteroatoms. The monoisotopic (exact) mass is 302 g/mol. The Labute approximate surface area is 118 Å². The Morgan fingerprint density at radius 1 is 1.29 bits per heavy atom. The fraction of sp³-hybridized carbons (Fsp3) is 0.385. The SMILES string of the molecule is O=[N+]([O-])c1cccc2c1ccn2CCCOCC(F)(F)F. The molecule has 0 fully saturated rings. The first-order valence-electron chi connectivity index (χ1n) is 6.25. The normalized spacial score (nSPS) is 12.0. The Balaban J connectivity index is 1.97. The van der Waals surface area contributed by atoms with Gasteiger partial charge < -0.3 is 9.30 Å². The first-order chi connectivity index (χ1) is 9.88. The van der Waals surface area contributed by atoms with Crippen molar-refractivity contribution in [2.45, 2.75) is 19.1 Å². The first-order valence-corrected chi connectivity index (χ1v) is 6.25. The first kappa shape index (κ1) is 15.3. The van der Waals surface area contributed by atoms with E-state index in [2.05, 4.69) is 4.74 Å². The molecule has 0 saturated carbocycles. The molecule has 0 bridgehead atoms. The van der Waals surface area contributed by atoms with E-state index in [0.717, 1.165) is 0 Å². The molecule has 21 heavy (non-hydrogen) atoms. The molecule has 0 unspecified atom stereocenters. The van der Waals surface area contributed by atoms with Gasteiger partial charge in [-0.1, -0.05) is 6.07 Å². The zero-order valence-corrected chi connectivity index (χ0v) is 11.0. The number of fused-ring (bicyclic) bond motifs is 1. The standard InChI is InChI=1S/C13H13F3N2O3/c14-13(15,16)9-21-8-2-6-17-7-5-10-11(17)3-1-4-12(10)18(19)20/h1,3-5,7H,2,6,8-9H2. The van der Waals surface area contributed by atoms with Crippen molar-refractivity contribution in [1.82, 2.24) is 4.57 Å². The minimum Gasteiger partial charge on any atom is -0.372 e. The Kier molecular flexibility index (Phi) is 4.46. The lowest BCUT2D eigenvalue weighted by atomic mass is 10.2. The second-order valence-corrected chi connectivity index (χ2v) is 4.50. The Morgan fingerprint density at radius 3 is 2.71 bits per heavy atom. The summed E-state index contributed by atoms with van der Waals surface area (Å²) in [7, 11) is 0. The molecule has 1 aromatic heterocycles. The average molecular weight is 302 g/mol. The summed E-state index contributed by atoms with van der Waals surface area (Å²) >= 11 is 0. The van der Waals surface area contributed by atoms with Crippen LogP contribution in [0.25, 0.3) is 10.9 Å². The summed E-state index contributed by atoms with van der Waals surface area (Å²) < 4.78 is 42.0. The summed E-state index contributed by atoms with van der Waals surface area (Å²) in [5, 5.41) is 11.4. The van der Waals surface area contributed by atoms with Gasteiger partial charge in [-0.15, -0.1) is 0 Å². The maximum absolute atomic E-state index is 11.9. The second kappa shape index (κ2) is 6.13. The summed E-state index contributed by atoms with van der Waals surface area (Å²) in [6.45, 7) is -0.846. The van der Waals surface area contributed by atoms with Crippen molar-refractivity contribution in [2.24, 2.45) is 0 Å². The van der Waals surface area contributed by atoms with Crippen molar-refractivity contribution < 1.29 is 22.8 Å². The number of hydrogen-bond acceptors (Lipinski definition) is 3. The van der Waals surface area contributed by atoms with Crippen LogP contribution < -0.4 is 0 Å². The van der Waals surface area contributed by atoms with Crippen LogP contribution in [0.4, 0.5) is 18.9 Å². The molecule has 114 valence electrons. The number of aromatic nitrogens is 1. The maximum atomic E-state index is 11.9. The third kappa shape index (κ3) is 3.94. The summed E-state index contributed by atoms with van der Waals surface area (Å²) in [6.07, 6.45) is -2.25. The fourth-order valence-corrected chi connectivity index (χ4v) is 2.09. The predicted octanol–water partition coefficient (Wildman–Crippen LogP) is 3.52. The number of benzene rings is 1. The molecule has 2 aromatic rings. The van der Waals surface area contributed by atoms with E-state index in [-0.39, 0.29) is 12.3 Å². The zero-order chi connectivity index (χ0) is 15.5. The highest BCUT2D eigenvalue weighted by Crippen LogP contribution is 2.26. The van der Waals surface area contributed by atoms with E-state index < -0.39 is 17.7 Å². The Hall–Kier alpha value is -2.09. The lowest BCUT2D eigenvalue weighted by Gasteiger charge is -2.08. The van der Waals surface area contributed by atoms with E-state index in [1.54, 1.807) is 29.0 Å². The second-order valence-electron chi connectivity index (χ2n) is 4.50. The van der Waals surface area contributed by atoms with E-state index in [4.69, 9.17) is 0 Å². The number of hydrogen-bond donors (Lipinski definition) is 0. The van der Waals surface area contributed by atoms with Crippen molar-refractivity contribution in [3.05, 3.63) is 40.6 Å². The molecule has 2 rings (SSSR count). The van der Waals surface area contributed by atoms with E-state index in [1.165, 1.54) is 6.07 Å². The van der Waals surface area contributed by atoms with Gasteiger partial charge in [0.15, 0.2) is 0 Å². The number of halogens is 3. The van der Waals surface area contributed by atoms with Gasteiger partial charge in [0.05, 0.1) is 15.8 Å². The van der Waals surface area contributed by atoms with Gasteiger partial charge in [0.1, 0.15) is 6.61 Å². The maximum Gasteiger partial charge on any atom is 0.411 e. The van der Waals surface area contributed by atoms with Gasteiger partial charge >= 0.3 is 6.18 Å². The van der Waals surface area contributed by atoms with Gasteiger partial charge in [-0.3, -0.25) is 10.1 Å². The van der Waals surface area contributed by atoms with Crippen molar-refractivity contribution in [3.63, 3.8) is 0 Å². The smallest absolute Gasteiger partial charge is 0.372 e. The highest BCUT2D eigenvalue weighted by Gasteiger charge is 2.27. The number of non-ortho nitro benzene ring substituents is 1. The number of nitro benzene ring substituents is 1. The number of nitro groups is 1. The van der Waals surface area contributed by atoms with Crippen LogP contribution in [0, 0.1) is 10.1 Å². The minimum absolute atomic E-state index is 0.0135. The van der Waals surface area contributed by atoms with Gasteiger partial charge in [0.2, 0.25) is 0 Å². The van der Waals surface area contributed by atoms with E-state index in [9.17, 15) is 23.3 Å². The van der Waals surface area contributed by atoms with Crippen molar-refractivity contribution in [3.8, 4) is 0 Å². The Bertz CT molecular complexity index is 637. The van der Waals surface area contributed by atoms with Crippen LogP contribution in [0.15, 0.2) is 30.5 Å². The van der Waals surface area contributed by atoms with Crippen LogP contribution in [-0.2, 0) is 11.3 Å².